The Morgan fingerprint density at radius 3 is 1.11 bits per heavy atom. The molecule has 0 unspecified atom stereocenters. The molecule has 0 fully saturated rings. The van der Waals surface area contributed by atoms with Crippen LogP contribution in [0.2, 0.25) is 0 Å². The van der Waals surface area contributed by atoms with Crippen molar-refractivity contribution in [3.05, 3.63) is 95.6 Å². The van der Waals surface area contributed by atoms with E-state index in [2.05, 4.69) is 83.3 Å². The molecule has 0 aliphatic heterocycles. The van der Waals surface area contributed by atoms with Crippen molar-refractivity contribution in [2.24, 2.45) is 0 Å². The predicted molar refractivity (Wildman–Crippen MR) is 218 cm³/mol. The number of aromatic nitrogens is 4. The third kappa shape index (κ3) is 23.2. The second kappa shape index (κ2) is 33.0. The summed E-state index contributed by atoms with van der Waals surface area (Å²) in [4.78, 5) is 38.8. The summed E-state index contributed by atoms with van der Waals surface area (Å²) in [5, 5.41) is 34.6. The molecule has 0 amide bonds. The van der Waals surface area contributed by atoms with Gasteiger partial charge in [-0.05, 0) is 85.3 Å². The van der Waals surface area contributed by atoms with Crippen LogP contribution in [0, 0.1) is 21.3 Å². The molecule has 0 saturated heterocycles. The van der Waals surface area contributed by atoms with Gasteiger partial charge in [-0.2, -0.15) is 0 Å². The summed E-state index contributed by atoms with van der Waals surface area (Å²) in [6.07, 6.45) is 27.9. The van der Waals surface area contributed by atoms with Gasteiger partial charge >= 0.3 is 31.4 Å². The quantitative estimate of drug-likeness (QED) is 0.0373. The van der Waals surface area contributed by atoms with Crippen molar-refractivity contribution in [2.75, 3.05) is 0 Å². The van der Waals surface area contributed by atoms with Crippen molar-refractivity contribution in [1.82, 2.24) is 19.9 Å². The van der Waals surface area contributed by atoms with E-state index in [-0.39, 0.29) is 30.6 Å². The zero-order chi connectivity index (χ0) is 39.8. The van der Waals surface area contributed by atoms with Crippen molar-refractivity contribution in [2.45, 2.75) is 117 Å². The van der Waals surface area contributed by atoms with Crippen molar-refractivity contribution in [3.63, 3.8) is 0 Å². The van der Waals surface area contributed by atoms with E-state index in [0.717, 1.165) is 24.2 Å². The van der Waals surface area contributed by atoms with Gasteiger partial charge in [0.05, 0.1) is 33.9 Å². The van der Waals surface area contributed by atoms with E-state index in [0.29, 0.717) is 11.4 Å². The molecule has 4 aromatic rings. The Balaban J connectivity index is 0.000000988. The van der Waals surface area contributed by atoms with Crippen molar-refractivity contribution in [3.8, 4) is 33.6 Å². The SMILES string of the molecule is CCCCCCCCCc1ccnc(-c2cc(CCCCCCCCC)ccn2)c1.N#C[S-].N#C[S-].O=C(O)c1ccnc(-c2cc(C(=O)O)ccn2)c1.[Ru+2]. The van der Waals surface area contributed by atoms with E-state index < -0.39 is 11.9 Å². The number of aromatic carboxylic acids is 2. The van der Waals surface area contributed by atoms with Gasteiger partial charge in [0.2, 0.25) is 0 Å². The fraction of sp³-hybridized carbons (Fsp3) is 0.429. The third-order valence-corrected chi connectivity index (χ3v) is 8.33. The monoisotopic (exact) mass is 870 g/mol. The van der Waals surface area contributed by atoms with Gasteiger partial charge in [0.15, 0.2) is 0 Å². The smallest absolute Gasteiger partial charge is 0.696 e. The number of nitrogens with zero attached hydrogens (tertiary/aromatic N) is 6. The molecule has 0 spiro atoms. The summed E-state index contributed by atoms with van der Waals surface area (Å²) in [6, 6.07) is 14.2. The van der Waals surface area contributed by atoms with Crippen LogP contribution in [-0.2, 0) is 57.6 Å². The number of carbonyl (C=O) groups is 2. The Hall–Kier alpha value is -4.42. The van der Waals surface area contributed by atoms with Gasteiger partial charge in [-0.1, -0.05) is 102 Å². The van der Waals surface area contributed by atoms with Crippen molar-refractivity contribution < 1.29 is 39.3 Å². The first kappa shape index (κ1) is 50.6. The van der Waals surface area contributed by atoms with Crippen LogP contribution in [-0.4, -0.2) is 42.1 Å². The van der Waals surface area contributed by atoms with Crippen LogP contribution < -0.4 is 0 Å². The summed E-state index contributed by atoms with van der Waals surface area (Å²) in [5.74, 6) is -2.15. The largest absolute Gasteiger partial charge is 2.00 e. The zero-order valence-electron chi connectivity index (χ0n) is 31.8. The first-order valence-corrected chi connectivity index (χ1v) is 19.4. The minimum atomic E-state index is -1.08. The number of aryl methyl sites for hydroxylation is 2. The Morgan fingerprint density at radius 1 is 0.527 bits per heavy atom. The fourth-order valence-electron chi connectivity index (χ4n) is 5.52. The Morgan fingerprint density at radius 2 is 0.800 bits per heavy atom. The van der Waals surface area contributed by atoms with Crippen LogP contribution in [0.3, 0.4) is 0 Å². The van der Waals surface area contributed by atoms with Gasteiger partial charge in [-0.25, -0.2) is 20.1 Å². The molecule has 0 aliphatic rings. The van der Waals surface area contributed by atoms with E-state index in [9.17, 15) is 9.59 Å². The van der Waals surface area contributed by atoms with Crippen molar-refractivity contribution in [1.29, 1.82) is 10.5 Å². The number of carboxylic acids is 2. The second-order valence-electron chi connectivity index (χ2n) is 12.5. The van der Waals surface area contributed by atoms with Gasteiger partial charge in [-0.15, -0.1) is 0 Å². The van der Waals surface area contributed by atoms with Crippen LogP contribution in [0.5, 0.6) is 0 Å². The Kier molecular flexibility index (Phi) is 30.3. The average molecular weight is 870 g/mol. The van der Waals surface area contributed by atoms with Crippen LogP contribution in [0.15, 0.2) is 73.3 Å². The zero-order valence-corrected chi connectivity index (χ0v) is 35.2. The van der Waals surface area contributed by atoms with Crippen molar-refractivity contribution >= 4 is 37.2 Å². The van der Waals surface area contributed by atoms with Crippen LogP contribution in [0.25, 0.3) is 22.8 Å². The molecular weight excluding hydrogens is 818 g/mol. The molecule has 4 aromatic heterocycles. The van der Waals surface area contributed by atoms with Crippen LogP contribution in [0.1, 0.15) is 136 Å². The van der Waals surface area contributed by atoms with Gasteiger partial charge in [0.1, 0.15) is 0 Å². The van der Waals surface area contributed by atoms with Gasteiger partial charge in [0, 0.05) is 24.8 Å². The normalized spacial score (nSPS) is 9.60. The topological polar surface area (TPSA) is 174 Å². The molecule has 13 heteroatoms. The maximum Gasteiger partial charge on any atom is 2.00 e. The number of thiocyanates is 2. The number of carboxylic acid groups (broad SMARTS) is 2. The molecule has 55 heavy (non-hydrogen) atoms. The van der Waals surface area contributed by atoms with Gasteiger partial charge in [-0.3, -0.25) is 19.9 Å². The summed E-state index contributed by atoms with van der Waals surface area (Å²) >= 11 is 7.40. The van der Waals surface area contributed by atoms with Crippen LogP contribution >= 0.6 is 0 Å². The number of rotatable bonds is 20. The molecular formula is C42H52N6O4RuS2. The van der Waals surface area contributed by atoms with E-state index in [1.54, 1.807) is 0 Å². The third-order valence-electron chi connectivity index (χ3n) is 8.33. The molecule has 0 radical (unpaired) electrons. The summed E-state index contributed by atoms with van der Waals surface area (Å²) in [5.41, 5.74) is 5.62. The number of unbranched alkanes of at least 4 members (excludes halogenated alkanes) is 12. The summed E-state index contributed by atoms with van der Waals surface area (Å²) in [6.45, 7) is 4.56. The van der Waals surface area contributed by atoms with E-state index in [4.69, 9.17) is 20.7 Å². The maximum atomic E-state index is 10.8. The summed E-state index contributed by atoms with van der Waals surface area (Å²) in [7, 11) is 0. The molecule has 0 saturated carbocycles. The average Bonchev–Trinajstić information content (AvgIpc) is 3.18. The first-order valence-electron chi connectivity index (χ1n) is 18.6. The molecule has 4 rings (SSSR count). The van der Waals surface area contributed by atoms with Gasteiger partial charge < -0.3 is 35.5 Å². The molecule has 10 nitrogen and oxygen atoms in total. The van der Waals surface area contributed by atoms with Gasteiger partial charge in [0.25, 0.3) is 0 Å². The maximum absolute atomic E-state index is 10.8. The molecule has 0 aliphatic carbocycles. The molecule has 0 atom stereocenters. The predicted octanol–water partition coefficient (Wildman–Crippen LogP) is 10.3. The molecule has 0 bridgehead atoms. The Bertz CT molecular complexity index is 1620. The molecule has 4 heterocycles. The second-order valence-corrected chi connectivity index (χ2v) is 12.9. The van der Waals surface area contributed by atoms with E-state index in [1.165, 1.54) is 148 Å². The first-order chi connectivity index (χ1) is 26.2. The van der Waals surface area contributed by atoms with E-state index >= 15 is 0 Å². The molecule has 2 N–H and O–H groups in total. The molecule has 0 aromatic carbocycles. The minimum Gasteiger partial charge on any atom is -0.696 e. The number of hydrogen-bond acceptors (Lipinski definition) is 10. The number of hydrogen-bond donors (Lipinski definition) is 2. The fourth-order valence-corrected chi connectivity index (χ4v) is 5.52. The van der Waals surface area contributed by atoms with E-state index in [1.807, 2.05) is 12.4 Å². The Labute approximate surface area is 350 Å². The standard InChI is InChI=1S/C28H44N2.C12H8N2O4.2CHNS.Ru/c1-3-5-7-9-11-13-15-17-25-19-21-29-27(23-25)28-24-26(20-22-30-28)18-16-14-12-10-8-6-4-2;15-11(16)7-1-3-13-9(5-7)10-6-8(12(17)18)2-4-14-10;2*2-1-3;/h19-24H,3-18H2,1-2H3;1-6H,(H,15,16)(H,17,18);2*3H;/q;;;;+2/p-2. The minimum absolute atomic E-state index is 0. The van der Waals surface area contributed by atoms with Crippen LogP contribution in [0.4, 0.5) is 0 Å². The summed E-state index contributed by atoms with van der Waals surface area (Å²) < 4.78 is 0. The number of nitriles is 2. The molecule has 294 valence electrons. The number of pyridine rings is 4.